The SMILES string of the molecule is CC(C)CCN(CC(O)CNC(C)C)C1CC1. The van der Waals surface area contributed by atoms with E-state index in [-0.39, 0.29) is 6.10 Å². The molecule has 0 heterocycles. The van der Waals surface area contributed by atoms with Gasteiger partial charge in [0.05, 0.1) is 6.10 Å². The molecule has 0 aromatic carbocycles. The second-order valence-corrected chi connectivity index (χ2v) is 6.13. The number of hydrogen-bond donors (Lipinski definition) is 2. The molecular formula is C14H30N2O. The molecule has 0 radical (unpaired) electrons. The number of nitrogens with one attached hydrogen (secondary N) is 1. The third kappa shape index (κ3) is 7.02. The highest BCUT2D eigenvalue weighted by atomic mass is 16.3. The van der Waals surface area contributed by atoms with Crippen molar-refractivity contribution in [3.63, 3.8) is 0 Å². The summed E-state index contributed by atoms with van der Waals surface area (Å²) < 4.78 is 0. The highest BCUT2D eigenvalue weighted by Gasteiger charge is 2.29. The summed E-state index contributed by atoms with van der Waals surface area (Å²) in [5.41, 5.74) is 0. The molecule has 1 fully saturated rings. The van der Waals surface area contributed by atoms with Crippen LogP contribution in [0.2, 0.25) is 0 Å². The first-order valence-electron chi connectivity index (χ1n) is 7.14. The first-order valence-corrected chi connectivity index (χ1v) is 7.14. The van der Waals surface area contributed by atoms with Crippen LogP contribution in [0.1, 0.15) is 47.0 Å². The Morgan fingerprint density at radius 2 is 1.88 bits per heavy atom. The van der Waals surface area contributed by atoms with Gasteiger partial charge < -0.3 is 10.4 Å². The van der Waals surface area contributed by atoms with E-state index >= 15 is 0 Å². The summed E-state index contributed by atoms with van der Waals surface area (Å²) in [6.07, 6.45) is 3.65. The number of hydrogen-bond acceptors (Lipinski definition) is 3. The predicted octanol–water partition coefficient (Wildman–Crippen LogP) is 1.86. The van der Waals surface area contributed by atoms with Crippen LogP contribution in [-0.2, 0) is 0 Å². The molecule has 1 unspecified atom stereocenters. The highest BCUT2D eigenvalue weighted by Crippen LogP contribution is 2.27. The van der Waals surface area contributed by atoms with Crippen molar-refractivity contribution in [3.8, 4) is 0 Å². The van der Waals surface area contributed by atoms with Crippen LogP contribution in [0.25, 0.3) is 0 Å². The molecular weight excluding hydrogens is 212 g/mol. The Kier molecular flexibility index (Phi) is 6.45. The average Bonchev–Trinajstić information content (AvgIpc) is 3.04. The van der Waals surface area contributed by atoms with Crippen LogP contribution in [0.15, 0.2) is 0 Å². The topological polar surface area (TPSA) is 35.5 Å². The highest BCUT2D eigenvalue weighted by molar-refractivity contribution is 4.86. The molecule has 1 rings (SSSR count). The lowest BCUT2D eigenvalue weighted by atomic mass is 10.1. The lowest BCUT2D eigenvalue weighted by Crippen LogP contribution is -2.41. The van der Waals surface area contributed by atoms with E-state index in [1.54, 1.807) is 0 Å². The second kappa shape index (κ2) is 7.34. The molecule has 0 aromatic heterocycles. The monoisotopic (exact) mass is 242 g/mol. The lowest BCUT2D eigenvalue weighted by Gasteiger charge is -2.26. The van der Waals surface area contributed by atoms with Crippen molar-refractivity contribution in [1.29, 1.82) is 0 Å². The third-order valence-electron chi connectivity index (χ3n) is 3.26. The van der Waals surface area contributed by atoms with Gasteiger partial charge in [-0.05, 0) is 31.7 Å². The van der Waals surface area contributed by atoms with Crippen molar-refractivity contribution in [3.05, 3.63) is 0 Å². The average molecular weight is 242 g/mol. The predicted molar refractivity (Wildman–Crippen MR) is 73.2 cm³/mol. The van der Waals surface area contributed by atoms with Crippen LogP contribution in [-0.4, -0.2) is 47.8 Å². The van der Waals surface area contributed by atoms with Crippen molar-refractivity contribution in [1.82, 2.24) is 10.2 Å². The normalized spacial score (nSPS) is 18.4. The van der Waals surface area contributed by atoms with Gasteiger partial charge in [-0.3, -0.25) is 4.90 Å². The number of nitrogens with zero attached hydrogens (tertiary/aromatic N) is 1. The van der Waals surface area contributed by atoms with Crippen molar-refractivity contribution in [2.75, 3.05) is 19.6 Å². The summed E-state index contributed by atoms with van der Waals surface area (Å²) in [7, 11) is 0. The fourth-order valence-corrected chi connectivity index (χ4v) is 1.99. The molecule has 3 nitrogen and oxygen atoms in total. The van der Waals surface area contributed by atoms with E-state index in [9.17, 15) is 5.11 Å². The zero-order chi connectivity index (χ0) is 12.8. The molecule has 1 saturated carbocycles. The van der Waals surface area contributed by atoms with Crippen LogP contribution < -0.4 is 5.32 Å². The van der Waals surface area contributed by atoms with Gasteiger partial charge >= 0.3 is 0 Å². The Morgan fingerprint density at radius 3 is 2.35 bits per heavy atom. The van der Waals surface area contributed by atoms with E-state index in [0.29, 0.717) is 12.6 Å². The Hall–Kier alpha value is -0.120. The van der Waals surface area contributed by atoms with Gasteiger partial charge in [0.2, 0.25) is 0 Å². The quantitative estimate of drug-likeness (QED) is 0.648. The maximum absolute atomic E-state index is 10.0. The van der Waals surface area contributed by atoms with Gasteiger partial charge in [-0.2, -0.15) is 0 Å². The maximum Gasteiger partial charge on any atom is 0.0791 e. The summed E-state index contributed by atoms with van der Waals surface area (Å²) in [4.78, 5) is 2.48. The summed E-state index contributed by atoms with van der Waals surface area (Å²) in [5.74, 6) is 0.752. The standard InChI is InChI=1S/C14H30N2O/c1-11(2)7-8-16(13-5-6-13)10-14(17)9-15-12(3)4/h11-15,17H,5-10H2,1-4H3. The van der Waals surface area contributed by atoms with E-state index < -0.39 is 0 Å². The fraction of sp³-hybridized carbons (Fsp3) is 1.00. The van der Waals surface area contributed by atoms with Gasteiger partial charge in [0.15, 0.2) is 0 Å². The van der Waals surface area contributed by atoms with Crippen LogP contribution in [0.4, 0.5) is 0 Å². The molecule has 0 spiro atoms. The Morgan fingerprint density at radius 1 is 1.24 bits per heavy atom. The van der Waals surface area contributed by atoms with Gasteiger partial charge in [0.25, 0.3) is 0 Å². The second-order valence-electron chi connectivity index (χ2n) is 6.13. The van der Waals surface area contributed by atoms with Crippen molar-refractivity contribution in [2.45, 2.75) is 65.1 Å². The minimum absolute atomic E-state index is 0.231. The van der Waals surface area contributed by atoms with Gasteiger partial charge in [0.1, 0.15) is 0 Å². The van der Waals surface area contributed by atoms with E-state index in [4.69, 9.17) is 0 Å². The zero-order valence-electron chi connectivity index (χ0n) is 11.9. The molecule has 0 aromatic rings. The molecule has 2 N–H and O–H groups in total. The Labute approximate surface area is 107 Å². The molecule has 0 aliphatic heterocycles. The molecule has 0 bridgehead atoms. The van der Waals surface area contributed by atoms with E-state index in [2.05, 4.69) is 37.9 Å². The minimum atomic E-state index is -0.231. The van der Waals surface area contributed by atoms with E-state index in [1.165, 1.54) is 19.3 Å². The zero-order valence-corrected chi connectivity index (χ0v) is 11.9. The first-order chi connectivity index (χ1) is 7.99. The van der Waals surface area contributed by atoms with Crippen LogP contribution >= 0.6 is 0 Å². The van der Waals surface area contributed by atoms with Gasteiger partial charge in [-0.1, -0.05) is 27.7 Å². The summed E-state index contributed by atoms with van der Waals surface area (Å²) >= 11 is 0. The molecule has 1 aliphatic rings. The number of aliphatic hydroxyl groups is 1. The molecule has 102 valence electrons. The van der Waals surface area contributed by atoms with Gasteiger partial charge in [-0.15, -0.1) is 0 Å². The lowest BCUT2D eigenvalue weighted by molar-refractivity contribution is 0.102. The molecule has 1 aliphatic carbocycles. The first kappa shape index (κ1) is 14.9. The molecule has 0 saturated heterocycles. The van der Waals surface area contributed by atoms with Crippen molar-refractivity contribution < 1.29 is 5.11 Å². The van der Waals surface area contributed by atoms with Crippen LogP contribution in [0, 0.1) is 5.92 Å². The Bertz CT molecular complexity index is 202. The molecule has 3 heteroatoms. The summed E-state index contributed by atoms with van der Waals surface area (Å²) in [6.45, 7) is 11.4. The number of rotatable bonds is 9. The summed E-state index contributed by atoms with van der Waals surface area (Å²) in [6, 6.07) is 1.21. The molecule has 1 atom stereocenters. The Balaban J connectivity index is 2.23. The van der Waals surface area contributed by atoms with Crippen LogP contribution in [0.3, 0.4) is 0 Å². The van der Waals surface area contributed by atoms with Crippen LogP contribution in [0.5, 0.6) is 0 Å². The maximum atomic E-state index is 10.0. The van der Waals surface area contributed by atoms with E-state index in [0.717, 1.165) is 25.0 Å². The fourth-order valence-electron chi connectivity index (χ4n) is 1.99. The smallest absolute Gasteiger partial charge is 0.0791 e. The molecule has 0 amide bonds. The summed E-state index contributed by atoms with van der Waals surface area (Å²) in [5, 5.41) is 13.3. The molecule has 17 heavy (non-hydrogen) atoms. The van der Waals surface area contributed by atoms with Crippen molar-refractivity contribution >= 4 is 0 Å². The van der Waals surface area contributed by atoms with Gasteiger partial charge in [-0.25, -0.2) is 0 Å². The minimum Gasteiger partial charge on any atom is -0.390 e. The third-order valence-corrected chi connectivity index (χ3v) is 3.26. The van der Waals surface area contributed by atoms with E-state index in [1.807, 2.05) is 0 Å². The van der Waals surface area contributed by atoms with Crippen molar-refractivity contribution in [2.24, 2.45) is 5.92 Å². The number of aliphatic hydroxyl groups excluding tert-OH is 1. The van der Waals surface area contributed by atoms with Gasteiger partial charge in [0, 0.05) is 25.2 Å². The largest absolute Gasteiger partial charge is 0.390 e.